The molecule has 0 spiro atoms. The van der Waals surface area contributed by atoms with Crippen LogP contribution in [0.4, 0.5) is 5.69 Å². The van der Waals surface area contributed by atoms with E-state index in [-0.39, 0.29) is 11.5 Å². The van der Waals surface area contributed by atoms with Crippen LogP contribution in [0.3, 0.4) is 0 Å². The summed E-state index contributed by atoms with van der Waals surface area (Å²) in [6.45, 7) is 2.09. The second-order valence-corrected chi connectivity index (χ2v) is 9.22. The van der Waals surface area contributed by atoms with Gasteiger partial charge in [-0.15, -0.1) is 0 Å². The molecule has 6 nitrogen and oxygen atoms in total. The standard InChI is InChI=1S/C20H18N4O2S/c21-11-15-1-3-16(4-2-15)19-10-18(24-5-7-27(25,26)8-6-24)9-17-12-23(14-22)13-20(17)19/h1-4,9-10H,5-8,12-13H2. The van der Waals surface area contributed by atoms with Crippen molar-refractivity contribution in [1.29, 1.82) is 10.5 Å². The lowest BCUT2D eigenvalue weighted by atomic mass is 9.95. The van der Waals surface area contributed by atoms with Gasteiger partial charge in [0.25, 0.3) is 0 Å². The van der Waals surface area contributed by atoms with Crippen molar-refractivity contribution in [3.05, 3.63) is 53.1 Å². The SMILES string of the molecule is N#Cc1ccc(-c2cc(N3CCS(=O)(=O)CC3)cc3c2CN(C#N)C3)cc1. The summed E-state index contributed by atoms with van der Waals surface area (Å²) in [6, 6.07) is 13.7. The van der Waals surface area contributed by atoms with Gasteiger partial charge in [0.05, 0.1) is 36.2 Å². The van der Waals surface area contributed by atoms with Crippen LogP contribution in [-0.4, -0.2) is 37.9 Å². The molecule has 2 aromatic carbocycles. The van der Waals surface area contributed by atoms with E-state index in [2.05, 4.69) is 29.3 Å². The van der Waals surface area contributed by atoms with Crippen molar-refractivity contribution in [2.75, 3.05) is 29.5 Å². The zero-order valence-corrected chi connectivity index (χ0v) is 15.5. The Labute approximate surface area is 158 Å². The van der Waals surface area contributed by atoms with Crippen LogP contribution in [0.5, 0.6) is 0 Å². The molecule has 0 aliphatic carbocycles. The minimum Gasteiger partial charge on any atom is -0.369 e. The van der Waals surface area contributed by atoms with Crippen LogP contribution >= 0.6 is 0 Å². The van der Waals surface area contributed by atoms with E-state index < -0.39 is 9.84 Å². The van der Waals surface area contributed by atoms with Gasteiger partial charge in [-0.25, -0.2) is 8.42 Å². The molecule has 0 radical (unpaired) electrons. The van der Waals surface area contributed by atoms with Gasteiger partial charge in [-0.2, -0.15) is 10.5 Å². The van der Waals surface area contributed by atoms with Crippen molar-refractivity contribution in [1.82, 2.24) is 4.90 Å². The van der Waals surface area contributed by atoms with Crippen molar-refractivity contribution in [3.8, 4) is 23.4 Å². The molecule has 2 heterocycles. The Morgan fingerprint density at radius 3 is 2.30 bits per heavy atom. The second-order valence-electron chi connectivity index (χ2n) is 6.92. The summed E-state index contributed by atoms with van der Waals surface area (Å²) in [5.41, 5.74) is 5.85. The molecule has 1 fully saturated rings. The summed E-state index contributed by atoms with van der Waals surface area (Å²) >= 11 is 0. The number of rotatable bonds is 2. The molecule has 0 N–H and O–H groups in total. The first-order chi connectivity index (χ1) is 13.0. The van der Waals surface area contributed by atoms with E-state index in [9.17, 15) is 13.7 Å². The van der Waals surface area contributed by atoms with E-state index in [1.54, 1.807) is 17.0 Å². The molecule has 2 aliphatic heterocycles. The summed E-state index contributed by atoms with van der Waals surface area (Å²) in [4.78, 5) is 3.81. The predicted molar refractivity (Wildman–Crippen MR) is 102 cm³/mol. The van der Waals surface area contributed by atoms with Gasteiger partial charge in [-0.3, -0.25) is 0 Å². The van der Waals surface area contributed by atoms with Crippen molar-refractivity contribution < 1.29 is 8.42 Å². The highest BCUT2D eigenvalue weighted by Crippen LogP contribution is 2.37. The van der Waals surface area contributed by atoms with Gasteiger partial charge in [0.15, 0.2) is 16.0 Å². The van der Waals surface area contributed by atoms with Crippen LogP contribution < -0.4 is 4.90 Å². The Morgan fingerprint density at radius 2 is 1.67 bits per heavy atom. The summed E-state index contributed by atoms with van der Waals surface area (Å²) < 4.78 is 23.5. The molecule has 7 heteroatoms. The Hall–Kier alpha value is -3.03. The predicted octanol–water partition coefficient (Wildman–Crippen LogP) is 2.26. The third-order valence-electron chi connectivity index (χ3n) is 5.21. The smallest absolute Gasteiger partial charge is 0.179 e. The van der Waals surface area contributed by atoms with Gasteiger partial charge in [0.2, 0.25) is 0 Å². The zero-order valence-electron chi connectivity index (χ0n) is 14.7. The van der Waals surface area contributed by atoms with Crippen LogP contribution in [-0.2, 0) is 22.9 Å². The average molecular weight is 378 g/mol. The highest BCUT2D eigenvalue weighted by atomic mass is 32.2. The Kier molecular flexibility index (Phi) is 4.25. The minimum absolute atomic E-state index is 0.167. The van der Waals surface area contributed by atoms with E-state index in [0.717, 1.165) is 27.9 Å². The number of nitriles is 2. The molecule has 0 amide bonds. The molecular weight excluding hydrogens is 360 g/mol. The Balaban J connectivity index is 1.77. The molecule has 27 heavy (non-hydrogen) atoms. The first kappa shape index (κ1) is 17.4. The van der Waals surface area contributed by atoms with E-state index >= 15 is 0 Å². The van der Waals surface area contributed by atoms with Crippen molar-refractivity contribution >= 4 is 15.5 Å². The molecule has 0 saturated carbocycles. The van der Waals surface area contributed by atoms with E-state index in [0.29, 0.717) is 31.7 Å². The fourth-order valence-electron chi connectivity index (χ4n) is 3.70. The van der Waals surface area contributed by atoms with Crippen molar-refractivity contribution in [2.45, 2.75) is 13.1 Å². The van der Waals surface area contributed by atoms with Gasteiger partial charge in [-0.05, 0) is 46.5 Å². The van der Waals surface area contributed by atoms with Crippen molar-refractivity contribution in [3.63, 3.8) is 0 Å². The summed E-state index contributed by atoms with van der Waals surface area (Å²) in [5.74, 6) is 0.335. The van der Waals surface area contributed by atoms with E-state index in [1.807, 2.05) is 12.1 Å². The molecule has 136 valence electrons. The van der Waals surface area contributed by atoms with Gasteiger partial charge in [0, 0.05) is 18.8 Å². The lowest BCUT2D eigenvalue weighted by molar-refractivity contribution is 0.417. The molecule has 2 aromatic rings. The summed E-state index contributed by atoms with van der Waals surface area (Å²) in [5, 5.41) is 18.3. The molecule has 0 unspecified atom stereocenters. The fraction of sp³-hybridized carbons (Fsp3) is 0.300. The third-order valence-corrected chi connectivity index (χ3v) is 6.82. The van der Waals surface area contributed by atoms with Gasteiger partial charge in [-0.1, -0.05) is 12.1 Å². The number of nitrogens with zero attached hydrogens (tertiary/aromatic N) is 4. The summed E-state index contributed by atoms with van der Waals surface area (Å²) in [6.07, 6.45) is 2.21. The third kappa shape index (κ3) is 3.34. The first-order valence-corrected chi connectivity index (χ1v) is 10.6. The number of anilines is 1. The number of benzene rings is 2. The van der Waals surface area contributed by atoms with E-state index in [1.165, 1.54) is 0 Å². The molecular formula is C20H18N4O2S. The number of sulfone groups is 1. The quantitative estimate of drug-likeness (QED) is 0.745. The fourth-order valence-corrected chi connectivity index (χ4v) is 4.90. The van der Waals surface area contributed by atoms with E-state index in [4.69, 9.17) is 5.26 Å². The van der Waals surface area contributed by atoms with Crippen LogP contribution in [0.1, 0.15) is 16.7 Å². The van der Waals surface area contributed by atoms with Crippen LogP contribution in [0, 0.1) is 22.8 Å². The lowest BCUT2D eigenvalue weighted by Crippen LogP contribution is -2.40. The highest BCUT2D eigenvalue weighted by molar-refractivity contribution is 7.91. The largest absolute Gasteiger partial charge is 0.369 e. The van der Waals surface area contributed by atoms with Crippen LogP contribution in [0.15, 0.2) is 36.4 Å². The maximum absolute atomic E-state index is 11.7. The minimum atomic E-state index is -2.94. The molecule has 0 bridgehead atoms. The van der Waals surface area contributed by atoms with Gasteiger partial charge in [0.1, 0.15) is 0 Å². The molecule has 4 rings (SSSR count). The maximum atomic E-state index is 11.7. The summed E-state index contributed by atoms with van der Waals surface area (Å²) in [7, 11) is -2.94. The topological polar surface area (TPSA) is 88.2 Å². The Morgan fingerprint density at radius 1 is 0.963 bits per heavy atom. The number of hydrogen-bond acceptors (Lipinski definition) is 6. The second kappa shape index (κ2) is 6.61. The van der Waals surface area contributed by atoms with Crippen LogP contribution in [0.25, 0.3) is 11.1 Å². The van der Waals surface area contributed by atoms with Crippen molar-refractivity contribution in [2.24, 2.45) is 0 Å². The Bertz CT molecular complexity index is 1060. The molecule has 0 atom stereocenters. The highest BCUT2D eigenvalue weighted by Gasteiger charge is 2.26. The van der Waals surface area contributed by atoms with Gasteiger partial charge < -0.3 is 9.80 Å². The van der Waals surface area contributed by atoms with Crippen LogP contribution in [0.2, 0.25) is 0 Å². The van der Waals surface area contributed by atoms with Gasteiger partial charge >= 0.3 is 0 Å². The monoisotopic (exact) mass is 378 g/mol. The maximum Gasteiger partial charge on any atom is 0.179 e. The molecule has 2 aliphatic rings. The number of hydrogen-bond donors (Lipinski definition) is 0. The molecule has 0 aromatic heterocycles. The first-order valence-electron chi connectivity index (χ1n) is 8.75. The zero-order chi connectivity index (χ0) is 19.0. The lowest BCUT2D eigenvalue weighted by Gasteiger charge is -2.29. The normalized spacial score (nSPS) is 17.9. The number of fused-ring (bicyclic) bond motifs is 1. The molecule has 1 saturated heterocycles. The average Bonchev–Trinajstić information content (AvgIpc) is 3.10.